The molecule has 0 spiro atoms. The zero-order valence-electron chi connectivity index (χ0n) is 11.7. The molecule has 2 fully saturated rings. The molecule has 18 heavy (non-hydrogen) atoms. The molecular weight excluding hydrogens is 264 g/mol. The molecule has 2 nitrogen and oxygen atoms in total. The zero-order valence-corrected chi connectivity index (χ0v) is 13.3. The fourth-order valence-electron chi connectivity index (χ4n) is 3.14. The van der Waals surface area contributed by atoms with E-state index in [4.69, 9.17) is 0 Å². The Morgan fingerprint density at radius 2 is 1.94 bits per heavy atom. The van der Waals surface area contributed by atoms with E-state index >= 15 is 0 Å². The van der Waals surface area contributed by atoms with E-state index in [1.165, 1.54) is 70.6 Å². The van der Waals surface area contributed by atoms with E-state index in [0.717, 1.165) is 11.2 Å². The van der Waals surface area contributed by atoms with Gasteiger partial charge >= 0.3 is 0 Å². The summed E-state index contributed by atoms with van der Waals surface area (Å²) >= 11 is 2.18. The number of hydrogen-bond acceptors (Lipinski definition) is 3. The van der Waals surface area contributed by atoms with E-state index in [2.05, 4.69) is 28.9 Å². The fraction of sp³-hybridized carbons (Fsp3) is 1.00. The molecular formula is C14H29ClN2S. The van der Waals surface area contributed by atoms with E-state index in [1.54, 1.807) is 0 Å². The molecule has 2 saturated heterocycles. The first kappa shape index (κ1) is 16.6. The van der Waals surface area contributed by atoms with Crippen LogP contribution < -0.4 is 5.32 Å². The molecule has 0 bridgehead atoms. The van der Waals surface area contributed by atoms with Gasteiger partial charge in [0.15, 0.2) is 0 Å². The Morgan fingerprint density at radius 3 is 2.67 bits per heavy atom. The molecule has 0 aromatic carbocycles. The van der Waals surface area contributed by atoms with Gasteiger partial charge in [-0.15, -0.1) is 12.4 Å². The van der Waals surface area contributed by atoms with Crippen molar-refractivity contribution in [1.29, 1.82) is 0 Å². The maximum absolute atomic E-state index is 3.47. The second-order valence-corrected chi connectivity index (χ2v) is 7.10. The number of halogens is 1. The Bertz CT molecular complexity index is 210. The highest BCUT2D eigenvalue weighted by Gasteiger charge is 2.21. The largest absolute Gasteiger partial charge is 0.317 e. The van der Waals surface area contributed by atoms with Crippen molar-refractivity contribution in [2.45, 2.75) is 44.3 Å². The average molecular weight is 293 g/mol. The summed E-state index contributed by atoms with van der Waals surface area (Å²) in [6, 6.07) is 0. The topological polar surface area (TPSA) is 15.3 Å². The maximum Gasteiger partial charge on any atom is 0.0174 e. The second-order valence-electron chi connectivity index (χ2n) is 5.53. The monoisotopic (exact) mass is 292 g/mol. The number of nitrogens with zero attached hydrogens (tertiary/aromatic N) is 1. The highest BCUT2D eigenvalue weighted by molar-refractivity contribution is 7.99. The summed E-state index contributed by atoms with van der Waals surface area (Å²) in [5, 5.41) is 4.38. The Kier molecular flexibility index (Phi) is 8.73. The van der Waals surface area contributed by atoms with Crippen molar-refractivity contribution in [3.8, 4) is 0 Å². The van der Waals surface area contributed by atoms with Crippen molar-refractivity contribution in [3.05, 3.63) is 0 Å². The molecule has 2 aliphatic rings. The Morgan fingerprint density at radius 1 is 1.17 bits per heavy atom. The molecule has 108 valence electrons. The van der Waals surface area contributed by atoms with Crippen LogP contribution in [-0.4, -0.2) is 48.6 Å². The molecule has 2 aliphatic heterocycles. The van der Waals surface area contributed by atoms with Crippen molar-refractivity contribution in [3.63, 3.8) is 0 Å². The van der Waals surface area contributed by atoms with Gasteiger partial charge in [-0.2, -0.15) is 11.8 Å². The van der Waals surface area contributed by atoms with Gasteiger partial charge in [-0.1, -0.05) is 13.3 Å². The molecule has 0 aromatic heterocycles. The molecule has 1 N–H and O–H groups in total. The molecule has 1 atom stereocenters. The first-order valence-corrected chi connectivity index (χ1v) is 8.48. The quantitative estimate of drug-likeness (QED) is 0.857. The minimum Gasteiger partial charge on any atom is -0.317 e. The normalized spacial score (nSPS) is 27.5. The van der Waals surface area contributed by atoms with Crippen molar-refractivity contribution >= 4 is 24.2 Å². The lowest BCUT2D eigenvalue weighted by Gasteiger charge is -2.30. The van der Waals surface area contributed by atoms with Crippen LogP contribution in [0.2, 0.25) is 0 Å². The highest BCUT2D eigenvalue weighted by Crippen LogP contribution is 2.23. The van der Waals surface area contributed by atoms with Gasteiger partial charge < -0.3 is 10.2 Å². The summed E-state index contributed by atoms with van der Waals surface area (Å²) in [5.74, 6) is 2.24. The average Bonchev–Trinajstić information content (AvgIpc) is 2.56. The van der Waals surface area contributed by atoms with Gasteiger partial charge in [0.1, 0.15) is 0 Å². The zero-order chi connectivity index (χ0) is 11.9. The summed E-state index contributed by atoms with van der Waals surface area (Å²) in [6.07, 6.45) is 7.09. The van der Waals surface area contributed by atoms with Crippen LogP contribution in [-0.2, 0) is 0 Å². The summed E-state index contributed by atoms with van der Waals surface area (Å²) in [4.78, 5) is 2.76. The van der Waals surface area contributed by atoms with Crippen molar-refractivity contribution in [2.24, 2.45) is 5.92 Å². The Hall–Kier alpha value is 0.560. The second kappa shape index (κ2) is 9.46. The van der Waals surface area contributed by atoms with Crippen LogP contribution in [0, 0.1) is 5.92 Å². The smallest absolute Gasteiger partial charge is 0.0174 e. The summed E-state index contributed by atoms with van der Waals surface area (Å²) in [6.45, 7) is 8.85. The van der Waals surface area contributed by atoms with Crippen LogP contribution in [0.15, 0.2) is 0 Å². The van der Waals surface area contributed by atoms with E-state index in [9.17, 15) is 0 Å². The van der Waals surface area contributed by atoms with Crippen molar-refractivity contribution in [1.82, 2.24) is 10.2 Å². The minimum absolute atomic E-state index is 0. The van der Waals surface area contributed by atoms with Crippen LogP contribution in [0.3, 0.4) is 0 Å². The van der Waals surface area contributed by atoms with Gasteiger partial charge in [-0.3, -0.25) is 0 Å². The fourth-order valence-corrected chi connectivity index (χ4v) is 4.27. The summed E-state index contributed by atoms with van der Waals surface area (Å²) in [5.41, 5.74) is 0. The number of thioether (sulfide) groups is 1. The van der Waals surface area contributed by atoms with Crippen molar-refractivity contribution < 1.29 is 0 Å². The SMILES string of the molecule is CCSC1CCCCN(CC2CCNCC2)C1.Cl. The van der Waals surface area contributed by atoms with Crippen molar-refractivity contribution in [2.75, 3.05) is 38.5 Å². The first-order valence-electron chi connectivity index (χ1n) is 7.43. The molecule has 0 aromatic rings. The van der Waals surface area contributed by atoms with Crippen LogP contribution in [0.5, 0.6) is 0 Å². The summed E-state index contributed by atoms with van der Waals surface area (Å²) in [7, 11) is 0. The molecule has 1 unspecified atom stereocenters. The third-order valence-corrected chi connectivity index (χ3v) is 5.28. The van der Waals surface area contributed by atoms with Crippen LogP contribution in [0.25, 0.3) is 0 Å². The van der Waals surface area contributed by atoms with Gasteiger partial charge in [-0.25, -0.2) is 0 Å². The molecule has 2 rings (SSSR count). The van der Waals surface area contributed by atoms with Crippen LogP contribution in [0.1, 0.15) is 39.0 Å². The predicted molar refractivity (Wildman–Crippen MR) is 85.1 cm³/mol. The molecule has 0 amide bonds. The molecule has 0 radical (unpaired) electrons. The lowest BCUT2D eigenvalue weighted by atomic mass is 9.97. The van der Waals surface area contributed by atoms with E-state index in [-0.39, 0.29) is 12.4 Å². The number of nitrogens with one attached hydrogen (secondary N) is 1. The minimum atomic E-state index is 0. The van der Waals surface area contributed by atoms with E-state index in [1.807, 2.05) is 0 Å². The highest BCUT2D eigenvalue weighted by atomic mass is 35.5. The predicted octanol–water partition coefficient (Wildman–Crippen LogP) is 3.02. The lowest BCUT2D eigenvalue weighted by Crippen LogP contribution is -2.38. The van der Waals surface area contributed by atoms with Gasteiger partial charge in [-0.05, 0) is 57.0 Å². The number of likely N-dealkylation sites (tertiary alicyclic amines) is 1. The Balaban J connectivity index is 0.00000162. The Labute approximate surface area is 123 Å². The maximum atomic E-state index is 3.47. The third kappa shape index (κ3) is 5.68. The van der Waals surface area contributed by atoms with Crippen LogP contribution >= 0.6 is 24.2 Å². The molecule has 4 heteroatoms. The van der Waals surface area contributed by atoms with E-state index in [0.29, 0.717) is 0 Å². The first-order chi connectivity index (χ1) is 8.38. The third-order valence-electron chi connectivity index (χ3n) is 4.09. The van der Waals surface area contributed by atoms with Gasteiger partial charge in [0, 0.05) is 18.3 Å². The lowest BCUT2D eigenvalue weighted by molar-refractivity contribution is 0.213. The molecule has 0 aliphatic carbocycles. The molecule has 2 heterocycles. The van der Waals surface area contributed by atoms with Gasteiger partial charge in [0.05, 0.1) is 0 Å². The number of hydrogen-bond donors (Lipinski definition) is 1. The number of piperidine rings is 1. The van der Waals surface area contributed by atoms with Crippen LogP contribution in [0.4, 0.5) is 0 Å². The standard InChI is InChI=1S/C14H28N2S.ClH/c1-2-17-14-5-3-4-10-16(12-14)11-13-6-8-15-9-7-13;/h13-15H,2-12H2,1H3;1H. The van der Waals surface area contributed by atoms with Gasteiger partial charge in [0.2, 0.25) is 0 Å². The summed E-state index contributed by atoms with van der Waals surface area (Å²) < 4.78 is 0. The number of rotatable bonds is 4. The van der Waals surface area contributed by atoms with E-state index < -0.39 is 0 Å². The van der Waals surface area contributed by atoms with Gasteiger partial charge in [0.25, 0.3) is 0 Å². The molecule has 0 saturated carbocycles.